The van der Waals surface area contributed by atoms with Crippen molar-refractivity contribution in [3.05, 3.63) is 21.3 Å². The Balaban J connectivity index is 2.05. The summed E-state index contributed by atoms with van der Waals surface area (Å²) in [7, 11) is 0. The average molecular weight is 300 g/mol. The minimum absolute atomic E-state index is 0.0225. The number of nitrogens with zero attached hydrogens (tertiary/aromatic N) is 3. The zero-order chi connectivity index (χ0) is 13.8. The molecule has 0 amide bonds. The van der Waals surface area contributed by atoms with Gasteiger partial charge < -0.3 is 15.8 Å². The molecule has 0 aromatic carbocycles. The molecular formula is C11H14ClN5OS. The molecule has 0 unspecified atom stereocenters. The molecule has 6 nitrogen and oxygen atoms in total. The number of nitrogens with two attached hydrogens (primary N) is 1. The molecule has 2 heterocycles. The van der Waals surface area contributed by atoms with Crippen molar-refractivity contribution in [1.82, 2.24) is 15.0 Å². The summed E-state index contributed by atoms with van der Waals surface area (Å²) in [5, 5.41) is 3.06. The first-order chi connectivity index (χ1) is 9.02. The van der Waals surface area contributed by atoms with Gasteiger partial charge in [-0.1, -0.05) is 11.6 Å². The van der Waals surface area contributed by atoms with E-state index in [1.807, 2.05) is 26.0 Å². The fraction of sp³-hybridized carbons (Fsp3) is 0.364. The van der Waals surface area contributed by atoms with Crippen LogP contribution in [0.4, 0.5) is 11.9 Å². The van der Waals surface area contributed by atoms with Gasteiger partial charge in [0.15, 0.2) is 0 Å². The molecule has 0 saturated carbocycles. The first-order valence-corrected chi connectivity index (χ1v) is 6.88. The standard InChI is InChI=1S/C11H14ClN5OS/c1-6(2)18-11-16-9(13)15-10(17-11)14-5-7-3-4-8(12)19-7/h3-4,6H,5H2,1-2H3,(H3,13,14,15,16,17). The van der Waals surface area contributed by atoms with Crippen LogP contribution in [0, 0.1) is 0 Å². The third kappa shape index (κ3) is 4.22. The molecule has 8 heteroatoms. The number of anilines is 2. The van der Waals surface area contributed by atoms with Crippen molar-refractivity contribution in [2.24, 2.45) is 0 Å². The summed E-state index contributed by atoms with van der Waals surface area (Å²) in [6.45, 7) is 4.35. The number of aromatic nitrogens is 3. The lowest BCUT2D eigenvalue weighted by atomic mass is 10.5. The van der Waals surface area contributed by atoms with Crippen molar-refractivity contribution in [3.63, 3.8) is 0 Å². The number of nitrogen functional groups attached to an aromatic ring is 1. The summed E-state index contributed by atoms with van der Waals surface area (Å²) in [6.07, 6.45) is -0.0225. The maximum atomic E-state index is 5.86. The van der Waals surface area contributed by atoms with Gasteiger partial charge in [0, 0.05) is 4.88 Å². The molecule has 0 spiro atoms. The SMILES string of the molecule is CC(C)Oc1nc(N)nc(NCc2ccc(Cl)s2)n1. The highest BCUT2D eigenvalue weighted by atomic mass is 35.5. The molecule has 0 fully saturated rings. The van der Waals surface area contributed by atoms with Crippen LogP contribution in [-0.2, 0) is 6.54 Å². The molecule has 2 rings (SSSR count). The first-order valence-electron chi connectivity index (χ1n) is 5.69. The van der Waals surface area contributed by atoms with Crippen LogP contribution in [0.5, 0.6) is 6.01 Å². The summed E-state index contributed by atoms with van der Waals surface area (Å²) in [5.74, 6) is 0.505. The second-order valence-corrected chi connectivity index (χ2v) is 5.83. The molecular weight excluding hydrogens is 286 g/mol. The normalized spacial score (nSPS) is 10.7. The van der Waals surface area contributed by atoms with Crippen molar-refractivity contribution < 1.29 is 4.74 Å². The topological polar surface area (TPSA) is 86.0 Å². The van der Waals surface area contributed by atoms with E-state index in [1.54, 1.807) is 0 Å². The first kappa shape index (κ1) is 13.8. The summed E-state index contributed by atoms with van der Waals surface area (Å²) in [4.78, 5) is 13.1. The van der Waals surface area contributed by atoms with Crippen LogP contribution in [0.25, 0.3) is 0 Å². The highest BCUT2D eigenvalue weighted by molar-refractivity contribution is 7.16. The van der Waals surface area contributed by atoms with E-state index in [0.717, 1.165) is 9.21 Å². The Morgan fingerprint density at radius 1 is 1.37 bits per heavy atom. The predicted octanol–water partition coefficient (Wildman–Crippen LogP) is 2.57. The van der Waals surface area contributed by atoms with Crippen LogP contribution in [0.2, 0.25) is 4.34 Å². The van der Waals surface area contributed by atoms with Crippen LogP contribution >= 0.6 is 22.9 Å². The lowest BCUT2D eigenvalue weighted by Gasteiger charge is -2.09. The van der Waals surface area contributed by atoms with Crippen LogP contribution in [0.3, 0.4) is 0 Å². The van der Waals surface area contributed by atoms with E-state index >= 15 is 0 Å². The lowest BCUT2D eigenvalue weighted by molar-refractivity contribution is 0.222. The molecule has 19 heavy (non-hydrogen) atoms. The minimum Gasteiger partial charge on any atom is -0.461 e. The molecule has 0 aliphatic carbocycles. The van der Waals surface area contributed by atoms with Gasteiger partial charge in [0.25, 0.3) is 0 Å². The Kier molecular flexibility index (Phi) is 4.39. The third-order valence-electron chi connectivity index (χ3n) is 2.02. The number of hydrogen-bond acceptors (Lipinski definition) is 7. The van der Waals surface area contributed by atoms with Crippen LogP contribution < -0.4 is 15.8 Å². The van der Waals surface area contributed by atoms with Gasteiger partial charge in [-0.25, -0.2) is 0 Å². The van der Waals surface area contributed by atoms with Crippen LogP contribution in [0.15, 0.2) is 12.1 Å². The van der Waals surface area contributed by atoms with Crippen molar-refractivity contribution in [2.45, 2.75) is 26.5 Å². The van der Waals surface area contributed by atoms with Crippen molar-refractivity contribution in [3.8, 4) is 6.01 Å². The van der Waals surface area contributed by atoms with E-state index < -0.39 is 0 Å². The molecule has 2 aromatic rings. The number of thiophene rings is 1. The Hall–Kier alpha value is -1.60. The highest BCUT2D eigenvalue weighted by Crippen LogP contribution is 2.22. The number of ether oxygens (including phenoxy) is 1. The largest absolute Gasteiger partial charge is 0.461 e. The average Bonchev–Trinajstić information content (AvgIpc) is 2.71. The second-order valence-electron chi connectivity index (χ2n) is 4.03. The van der Waals surface area contributed by atoms with E-state index in [1.165, 1.54) is 11.3 Å². The molecule has 102 valence electrons. The monoisotopic (exact) mass is 299 g/mol. The van der Waals surface area contributed by atoms with E-state index in [2.05, 4.69) is 20.3 Å². The van der Waals surface area contributed by atoms with Crippen molar-refractivity contribution >= 4 is 34.8 Å². The maximum Gasteiger partial charge on any atom is 0.323 e. The van der Waals surface area contributed by atoms with Crippen molar-refractivity contribution in [2.75, 3.05) is 11.1 Å². The Labute approximate surface area is 120 Å². The van der Waals surface area contributed by atoms with E-state index in [9.17, 15) is 0 Å². The van der Waals surface area contributed by atoms with Crippen LogP contribution in [-0.4, -0.2) is 21.1 Å². The molecule has 0 saturated heterocycles. The zero-order valence-electron chi connectivity index (χ0n) is 10.6. The molecule has 0 bridgehead atoms. The predicted molar refractivity (Wildman–Crippen MR) is 76.7 cm³/mol. The number of rotatable bonds is 5. The van der Waals surface area contributed by atoms with Gasteiger partial charge in [-0.3, -0.25) is 0 Å². The van der Waals surface area contributed by atoms with Crippen LogP contribution in [0.1, 0.15) is 18.7 Å². The molecule has 0 atom stereocenters. The van der Waals surface area contributed by atoms with Gasteiger partial charge in [0.05, 0.1) is 17.0 Å². The van der Waals surface area contributed by atoms with E-state index in [4.69, 9.17) is 22.1 Å². The fourth-order valence-electron chi connectivity index (χ4n) is 1.33. The molecule has 0 aliphatic heterocycles. The molecule has 0 aliphatic rings. The van der Waals surface area contributed by atoms with Gasteiger partial charge in [0.2, 0.25) is 11.9 Å². The minimum atomic E-state index is -0.0225. The lowest BCUT2D eigenvalue weighted by Crippen LogP contribution is -2.12. The molecule has 0 radical (unpaired) electrons. The van der Waals surface area contributed by atoms with Gasteiger partial charge >= 0.3 is 6.01 Å². The summed E-state index contributed by atoms with van der Waals surface area (Å²) in [5.41, 5.74) is 5.61. The second kappa shape index (κ2) is 6.03. The molecule has 3 N–H and O–H groups in total. The van der Waals surface area contributed by atoms with Gasteiger partial charge in [0.1, 0.15) is 0 Å². The van der Waals surface area contributed by atoms with E-state index in [0.29, 0.717) is 12.5 Å². The third-order valence-corrected chi connectivity index (χ3v) is 3.25. The van der Waals surface area contributed by atoms with Gasteiger partial charge in [-0.2, -0.15) is 15.0 Å². The summed E-state index contributed by atoms with van der Waals surface area (Å²) in [6, 6.07) is 4.00. The number of halogens is 1. The summed E-state index contributed by atoms with van der Waals surface area (Å²) < 4.78 is 6.14. The Morgan fingerprint density at radius 2 is 2.16 bits per heavy atom. The molecule has 2 aromatic heterocycles. The maximum absolute atomic E-state index is 5.86. The smallest absolute Gasteiger partial charge is 0.323 e. The quantitative estimate of drug-likeness (QED) is 0.882. The zero-order valence-corrected chi connectivity index (χ0v) is 12.1. The Bertz CT molecular complexity index is 560. The van der Waals surface area contributed by atoms with Crippen molar-refractivity contribution in [1.29, 1.82) is 0 Å². The Morgan fingerprint density at radius 3 is 2.79 bits per heavy atom. The van der Waals surface area contributed by atoms with Gasteiger partial charge in [-0.05, 0) is 26.0 Å². The number of nitrogens with one attached hydrogen (secondary N) is 1. The highest BCUT2D eigenvalue weighted by Gasteiger charge is 2.07. The fourth-order valence-corrected chi connectivity index (χ4v) is 2.35. The van der Waals surface area contributed by atoms with E-state index in [-0.39, 0.29) is 18.1 Å². The summed E-state index contributed by atoms with van der Waals surface area (Å²) >= 11 is 7.35. The number of hydrogen-bond donors (Lipinski definition) is 2. The van der Waals surface area contributed by atoms with Gasteiger partial charge in [-0.15, -0.1) is 11.3 Å².